The lowest BCUT2D eigenvalue weighted by atomic mass is 9.79. The van der Waals surface area contributed by atoms with Gasteiger partial charge < -0.3 is 27.8 Å². The van der Waals surface area contributed by atoms with Gasteiger partial charge in [0.2, 0.25) is 0 Å². The van der Waals surface area contributed by atoms with Crippen LogP contribution in [0.25, 0.3) is 0 Å². The van der Waals surface area contributed by atoms with Gasteiger partial charge in [-0.05, 0) is 72.0 Å². The lowest BCUT2D eigenvalue weighted by Gasteiger charge is -2.40. The zero-order valence-corrected chi connectivity index (χ0v) is 45.5. The number of H-pyrrole nitrogens is 2. The van der Waals surface area contributed by atoms with Crippen molar-refractivity contribution in [2.75, 3.05) is 20.3 Å². The Bertz CT molecular complexity index is 2840. The Kier molecular flexibility index (Phi) is 16.1. The van der Waals surface area contributed by atoms with E-state index in [0.717, 1.165) is 16.7 Å². The number of benzene rings is 3. The Hall–Kier alpha value is -4.93. The van der Waals surface area contributed by atoms with Crippen LogP contribution in [0.1, 0.15) is 82.7 Å². The first-order chi connectivity index (χ1) is 33.3. The van der Waals surface area contributed by atoms with Gasteiger partial charge in [-0.3, -0.25) is 28.7 Å². The molecule has 2 aliphatic rings. The minimum absolute atomic E-state index is 0.0133. The lowest BCUT2D eigenvalue weighted by molar-refractivity contribution is -0.0977. The summed E-state index contributed by atoms with van der Waals surface area (Å²) < 4.78 is 69.8. The largest absolute Gasteiger partial charge is 0.697 e. The van der Waals surface area contributed by atoms with E-state index < -0.39 is 96.0 Å². The Morgan fingerprint density at radius 3 is 1.85 bits per heavy atom. The topological polar surface area (TPSA) is 201 Å². The van der Waals surface area contributed by atoms with Crippen molar-refractivity contribution in [1.82, 2.24) is 19.1 Å². The van der Waals surface area contributed by atoms with Crippen molar-refractivity contribution < 1.29 is 41.4 Å². The summed E-state index contributed by atoms with van der Waals surface area (Å²) in [7, 11) is -6.54. The molecular weight excluding hydrogens is 964 g/mol. The van der Waals surface area contributed by atoms with Crippen LogP contribution in [0.5, 0.6) is 5.75 Å². The number of hydrogen-bond acceptors (Lipinski definition) is 13. The number of nitrogens with one attached hydrogen (secondary N) is 2. The third kappa shape index (κ3) is 11.6. The first kappa shape index (κ1) is 53.9. The summed E-state index contributed by atoms with van der Waals surface area (Å²) in [6.45, 7) is 22.1. The highest BCUT2D eigenvalue weighted by Gasteiger charge is 2.56. The fraction of sp³-hybridized carbons (Fsp3) is 0.490. The number of hydrogen-bond donors (Lipinski definition) is 2. The Morgan fingerprint density at radius 2 is 1.28 bits per heavy atom. The molecule has 7 rings (SSSR count). The summed E-state index contributed by atoms with van der Waals surface area (Å²) in [6, 6.07) is 28.3. The van der Waals surface area contributed by atoms with Gasteiger partial charge in [0.15, 0.2) is 29.0 Å². The molecule has 4 heterocycles. The van der Waals surface area contributed by atoms with Gasteiger partial charge in [-0.15, -0.1) is 9.05 Å². The van der Waals surface area contributed by atoms with Gasteiger partial charge >= 0.3 is 19.6 Å². The Balaban J connectivity index is 1.27. The zero-order chi connectivity index (χ0) is 51.7. The minimum Gasteiger partial charge on any atom is -0.497 e. The quantitative estimate of drug-likeness (QED) is 0.0482. The second kappa shape index (κ2) is 21.3. The second-order valence-corrected chi connectivity index (χ2v) is 31.7. The number of rotatable bonds is 18. The van der Waals surface area contributed by atoms with Gasteiger partial charge in [0.25, 0.3) is 11.1 Å². The maximum absolute atomic E-state index is 14.6. The maximum Gasteiger partial charge on any atom is 0.697 e. The summed E-state index contributed by atoms with van der Waals surface area (Å²) >= 11 is 0. The highest BCUT2D eigenvalue weighted by molar-refractivity contribution is 7.33. The summed E-state index contributed by atoms with van der Waals surface area (Å²) in [5.74, 6) is 0.645. The molecule has 0 aliphatic carbocycles. The molecular formula is C51H68N4O13PSi2+. The second-order valence-electron chi connectivity index (χ2n) is 21.2. The van der Waals surface area contributed by atoms with E-state index in [2.05, 4.69) is 64.6 Å². The van der Waals surface area contributed by atoms with E-state index in [1.165, 1.54) is 27.6 Å². The third-order valence-electron chi connectivity index (χ3n) is 14.4. The number of ether oxygens (including phenoxy) is 4. The molecule has 1 unspecified atom stereocenters. The molecule has 2 fully saturated rings. The molecule has 2 saturated heterocycles. The highest BCUT2D eigenvalue weighted by atomic mass is 31.1. The minimum atomic E-state index is -3.02. The van der Waals surface area contributed by atoms with Crippen LogP contribution < -0.4 is 27.2 Å². The van der Waals surface area contributed by atoms with Gasteiger partial charge in [0, 0.05) is 35.0 Å². The molecule has 0 saturated carbocycles. The van der Waals surface area contributed by atoms with Crippen LogP contribution in [0.2, 0.25) is 36.3 Å². The van der Waals surface area contributed by atoms with E-state index in [9.17, 15) is 23.7 Å². The average molecular weight is 1030 g/mol. The molecule has 0 radical (unpaired) electrons. The fourth-order valence-electron chi connectivity index (χ4n) is 8.28. The van der Waals surface area contributed by atoms with Crippen LogP contribution in [0, 0.1) is 6.92 Å². The number of aryl methyl sites for hydroxylation is 1. The molecule has 5 aromatic rings. The molecule has 71 heavy (non-hydrogen) atoms. The fourth-order valence-corrected chi connectivity index (χ4v) is 11.4. The predicted molar refractivity (Wildman–Crippen MR) is 274 cm³/mol. The van der Waals surface area contributed by atoms with E-state index >= 15 is 0 Å². The van der Waals surface area contributed by atoms with Gasteiger partial charge in [-0.2, -0.15) is 0 Å². The highest BCUT2D eigenvalue weighted by Crippen LogP contribution is 2.48. The summed E-state index contributed by atoms with van der Waals surface area (Å²) in [5.41, 5.74) is -1.13. The third-order valence-corrected chi connectivity index (χ3v) is 24.2. The SMILES string of the molecule is COc1ccc(C(O[C@H]2C[C@H](n3cc(C)c(=O)[nH]c3=O)O[C@@H]2CO[P+](=O)O[C@H]2[C@@H](O[Si](C)(C)C(C)(C)C)[C@H](n3ccc(=O)[nH]c3=O)O[C@@H]2CO[Si](C)(C)C(C)(C)C)(c2ccccc2)c2ccccc2)cc1. The van der Waals surface area contributed by atoms with Crippen LogP contribution >= 0.6 is 8.25 Å². The number of nitrogens with zero attached hydrogens (tertiary/aromatic N) is 2. The van der Waals surface area contributed by atoms with E-state index in [0.29, 0.717) is 11.3 Å². The first-order valence-electron chi connectivity index (χ1n) is 23.8. The van der Waals surface area contributed by atoms with Gasteiger partial charge in [0.1, 0.15) is 42.5 Å². The molecule has 0 spiro atoms. The summed E-state index contributed by atoms with van der Waals surface area (Å²) in [4.78, 5) is 56.4. The molecule has 8 atom stereocenters. The number of aromatic nitrogens is 4. The number of methoxy groups -OCH3 is 1. The average Bonchev–Trinajstić information content (AvgIpc) is 3.87. The lowest BCUT2D eigenvalue weighted by Crippen LogP contribution is -2.50. The molecule has 0 amide bonds. The van der Waals surface area contributed by atoms with Gasteiger partial charge in [0.05, 0.1) is 19.8 Å². The van der Waals surface area contributed by atoms with Crippen LogP contribution in [-0.4, -0.2) is 86.6 Å². The normalized spacial score (nSPS) is 22.4. The molecule has 3 aromatic carbocycles. The van der Waals surface area contributed by atoms with Crippen LogP contribution in [0.15, 0.2) is 123 Å². The van der Waals surface area contributed by atoms with E-state index in [1.54, 1.807) is 14.0 Å². The summed E-state index contributed by atoms with van der Waals surface area (Å²) in [5, 5.41) is -0.490. The number of aromatic amines is 2. The molecule has 20 heteroatoms. The van der Waals surface area contributed by atoms with Crippen molar-refractivity contribution in [2.24, 2.45) is 0 Å². The summed E-state index contributed by atoms with van der Waals surface area (Å²) in [6.07, 6.45) is -4.03. The smallest absolute Gasteiger partial charge is 0.497 e. The van der Waals surface area contributed by atoms with E-state index in [-0.39, 0.29) is 29.7 Å². The predicted octanol–water partition coefficient (Wildman–Crippen LogP) is 8.44. The molecule has 2 aliphatic heterocycles. The first-order valence-corrected chi connectivity index (χ1v) is 30.7. The standard InChI is InChI=1S/C51H67N4O13PSi2/c1-33-30-55(48(59)53-45(33)57)42-29-38(66-51(34-19-15-13-16-20-34,35-21-17-14-18-22-35)36-23-25-37(61-8)26-24-36)39(64-42)31-62-69(60)67-43-40(32-63-70(9,10)49(2,3)4)65-46(54-28-27-41(56)52-47(54)58)44(43)68-71(11,12)50(5,6)7/h13-28,30,38-40,42-44,46H,29,31-32H2,1-12H3,(H-,52,53,56,57,58,59)/p+1/t38-,39+,40+,42+,43+,44+,46+/m0/s1. The van der Waals surface area contributed by atoms with Crippen LogP contribution in [0.4, 0.5) is 0 Å². The molecule has 2 N–H and O–H groups in total. The maximum atomic E-state index is 14.6. The van der Waals surface area contributed by atoms with E-state index in [4.69, 9.17) is 36.8 Å². The van der Waals surface area contributed by atoms with Crippen molar-refractivity contribution in [2.45, 2.75) is 140 Å². The van der Waals surface area contributed by atoms with E-state index in [1.807, 2.05) is 98.0 Å². The van der Waals surface area contributed by atoms with Crippen molar-refractivity contribution in [3.63, 3.8) is 0 Å². The Morgan fingerprint density at radius 1 is 0.704 bits per heavy atom. The zero-order valence-electron chi connectivity index (χ0n) is 42.6. The Labute approximate surface area is 417 Å². The van der Waals surface area contributed by atoms with Crippen molar-refractivity contribution in [3.05, 3.63) is 167 Å². The monoisotopic (exact) mass is 1030 g/mol. The molecule has 17 nitrogen and oxygen atoms in total. The van der Waals surface area contributed by atoms with Crippen LogP contribution in [-0.2, 0) is 42.3 Å². The van der Waals surface area contributed by atoms with Gasteiger partial charge in [-0.25, -0.2) is 9.59 Å². The molecule has 2 aromatic heterocycles. The van der Waals surface area contributed by atoms with Gasteiger partial charge in [-0.1, -0.05) is 114 Å². The van der Waals surface area contributed by atoms with Crippen molar-refractivity contribution in [3.8, 4) is 5.75 Å². The van der Waals surface area contributed by atoms with Crippen molar-refractivity contribution in [1.29, 1.82) is 0 Å². The van der Waals surface area contributed by atoms with Crippen LogP contribution in [0.3, 0.4) is 0 Å². The molecule has 382 valence electrons. The van der Waals surface area contributed by atoms with Crippen molar-refractivity contribution >= 4 is 24.9 Å². The molecule has 0 bridgehead atoms.